The van der Waals surface area contributed by atoms with Crippen LogP contribution in [0.2, 0.25) is 0 Å². The molecule has 0 unspecified atom stereocenters. The second kappa shape index (κ2) is 7.71. The highest BCUT2D eigenvalue weighted by atomic mass is 16.5. The van der Waals surface area contributed by atoms with E-state index in [-0.39, 0.29) is 5.91 Å². The number of amides is 1. The Bertz CT molecular complexity index is 870. The molecule has 0 heterocycles. The Morgan fingerprint density at radius 1 is 1.00 bits per heavy atom. The Morgan fingerprint density at radius 3 is 2.52 bits per heavy atom. The zero-order valence-electron chi connectivity index (χ0n) is 14.4. The molecule has 0 radical (unpaired) electrons. The van der Waals surface area contributed by atoms with Gasteiger partial charge in [-0.15, -0.1) is 0 Å². The molecule has 0 aliphatic rings. The van der Waals surface area contributed by atoms with E-state index in [1.807, 2.05) is 67.6 Å². The van der Waals surface area contributed by atoms with E-state index in [9.17, 15) is 4.79 Å². The van der Waals surface area contributed by atoms with Crippen molar-refractivity contribution in [2.75, 3.05) is 12.4 Å². The number of benzene rings is 3. The SMILES string of the molecule is CC[C@H](Oc1cccc(OC)c1)C(=O)Nc1cccc2ccccc12. The Kier molecular flexibility index (Phi) is 5.19. The van der Waals surface area contributed by atoms with Crippen LogP contribution in [-0.2, 0) is 4.79 Å². The molecule has 0 spiro atoms. The van der Waals surface area contributed by atoms with E-state index in [1.54, 1.807) is 13.2 Å². The fraction of sp³-hybridized carbons (Fsp3) is 0.190. The van der Waals surface area contributed by atoms with Gasteiger partial charge in [-0.1, -0.05) is 49.4 Å². The van der Waals surface area contributed by atoms with Gasteiger partial charge in [0.2, 0.25) is 0 Å². The minimum Gasteiger partial charge on any atom is -0.497 e. The van der Waals surface area contributed by atoms with Crippen molar-refractivity contribution in [3.8, 4) is 11.5 Å². The number of ether oxygens (including phenoxy) is 2. The molecule has 25 heavy (non-hydrogen) atoms. The zero-order valence-corrected chi connectivity index (χ0v) is 14.4. The van der Waals surface area contributed by atoms with E-state index in [2.05, 4.69) is 5.32 Å². The van der Waals surface area contributed by atoms with Crippen molar-refractivity contribution in [1.82, 2.24) is 0 Å². The molecule has 0 aliphatic heterocycles. The maximum absolute atomic E-state index is 12.7. The highest BCUT2D eigenvalue weighted by Gasteiger charge is 2.19. The topological polar surface area (TPSA) is 47.6 Å². The predicted octanol–water partition coefficient (Wildman–Crippen LogP) is 4.64. The van der Waals surface area contributed by atoms with Gasteiger partial charge in [-0.2, -0.15) is 0 Å². The summed E-state index contributed by atoms with van der Waals surface area (Å²) in [6, 6.07) is 21.1. The highest BCUT2D eigenvalue weighted by Crippen LogP contribution is 2.24. The fourth-order valence-corrected chi connectivity index (χ4v) is 2.71. The first-order chi connectivity index (χ1) is 12.2. The number of carbonyl (C=O) groups excluding carboxylic acids is 1. The van der Waals surface area contributed by atoms with E-state index >= 15 is 0 Å². The maximum Gasteiger partial charge on any atom is 0.265 e. The van der Waals surface area contributed by atoms with Gasteiger partial charge >= 0.3 is 0 Å². The third-order valence-corrected chi connectivity index (χ3v) is 4.03. The predicted molar refractivity (Wildman–Crippen MR) is 100 cm³/mol. The summed E-state index contributed by atoms with van der Waals surface area (Å²) < 4.78 is 11.1. The minimum atomic E-state index is -0.578. The number of methoxy groups -OCH3 is 1. The molecule has 1 N–H and O–H groups in total. The second-order valence-corrected chi connectivity index (χ2v) is 5.71. The number of hydrogen-bond acceptors (Lipinski definition) is 3. The van der Waals surface area contributed by atoms with Gasteiger partial charge in [0.25, 0.3) is 5.91 Å². The van der Waals surface area contributed by atoms with Crippen molar-refractivity contribution < 1.29 is 14.3 Å². The summed E-state index contributed by atoms with van der Waals surface area (Å²) in [6.45, 7) is 1.92. The lowest BCUT2D eigenvalue weighted by atomic mass is 10.1. The van der Waals surface area contributed by atoms with E-state index in [0.717, 1.165) is 16.5 Å². The number of anilines is 1. The summed E-state index contributed by atoms with van der Waals surface area (Å²) in [7, 11) is 1.60. The van der Waals surface area contributed by atoms with Crippen LogP contribution in [0.4, 0.5) is 5.69 Å². The Balaban J connectivity index is 1.78. The van der Waals surface area contributed by atoms with Crippen LogP contribution in [0.25, 0.3) is 10.8 Å². The third kappa shape index (κ3) is 3.91. The maximum atomic E-state index is 12.7. The first-order valence-electron chi connectivity index (χ1n) is 8.30. The van der Waals surface area contributed by atoms with Gasteiger partial charge in [-0.05, 0) is 30.0 Å². The minimum absolute atomic E-state index is 0.165. The van der Waals surface area contributed by atoms with E-state index in [4.69, 9.17) is 9.47 Å². The summed E-state index contributed by atoms with van der Waals surface area (Å²) in [4.78, 5) is 12.7. The van der Waals surface area contributed by atoms with Crippen LogP contribution in [0.1, 0.15) is 13.3 Å². The third-order valence-electron chi connectivity index (χ3n) is 4.03. The molecule has 3 aromatic carbocycles. The lowest BCUT2D eigenvalue weighted by Gasteiger charge is -2.18. The summed E-state index contributed by atoms with van der Waals surface area (Å²) in [5.74, 6) is 1.14. The standard InChI is InChI=1S/C21H21NO3/c1-3-20(25-17-11-7-10-16(14-17)24-2)21(23)22-19-13-6-9-15-8-4-5-12-18(15)19/h4-14,20H,3H2,1-2H3,(H,22,23)/t20-/m0/s1. The normalized spacial score (nSPS) is 11.8. The van der Waals surface area contributed by atoms with Crippen LogP contribution in [-0.4, -0.2) is 19.1 Å². The molecule has 0 aromatic heterocycles. The first kappa shape index (κ1) is 16.8. The van der Waals surface area contributed by atoms with Crippen LogP contribution in [0.3, 0.4) is 0 Å². The smallest absolute Gasteiger partial charge is 0.265 e. The van der Waals surface area contributed by atoms with Crippen LogP contribution < -0.4 is 14.8 Å². The molecular weight excluding hydrogens is 314 g/mol. The van der Waals surface area contributed by atoms with Crippen LogP contribution >= 0.6 is 0 Å². The zero-order chi connectivity index (χ0) is 17.6. The molecule has 1 atom stereocenters. The van der Waals surface area contributed by atoms with Crippen LogP contribution in [0, 0.1) is 0 Å². The lowest BCUT2D eigenvalue weighted by molar-refractivity contribution is -0.122. The van der Waals surface area contributed by atoms with E-state index < -0.39 is 6.10 Å². The number of hydrogen-bond donors (Lipinski definition) is 1. The lowest BCUT2D eigenvalue weighted by Crippen LogP contribution is -2.32. The average molecular weight is 335 g/mol. The van der Waals surface area contributed by atoms with Crippen molar-refractivity contribution >= 4 is 22.4 Å². The fourth-order valence-electron chi connectivity index (χ4n) is 2.71. The molecule has 0 saturated carbocycles. The van der Waals surface area contributed by atoms with Crippen molar-refractivity contribution in [3.05, 3.63) is 66.7 Å². The van der Waals surface area contributed by atoms with Gasteiger partial charge in [-0.3, -0.25) is 4.79 Å². The molecule has 0 fully saturated rings. The summed E-state index contributed by atoms with van der Waals surface area (Å²) in [5.41, 5.74) is 0.788. The number of carbonyl (C=O) groups is 1. The average Bonchev–Trinajstić information content (AvgIpc) is 2.66. The van der Waals surface area contributed by atoms with Gasteiger partial charge in [0, 0.05) is 17.1 Å². The van der Waals surface area contributed by atoms with Crippen molar-refractivity contribution in [1.29, 1.82) is 0 Å². The van der Waals surface area contributed by atoms with Gasteiger partial charge in [0.05, 0.1) is 7.11 Å². The van der Waals surface area contributed by atoms with E-state index in [1.165, 1.54) is 0 Å². The molecule has 128 valence electrons. The monoisotopic (exact) mass is 335 g/mol. The molecule has 0 aliphatic carbocycles. The highest BCUT2D eigenvalue weighted by molar-refractivity contribution is 6.03. The van der Waals surface area contributed by atoms with Gasteiger partial charge in [-0.25, -0.2) is 0 Å². The molecule has 0 saturated heterocycles. The summed E-state index contributed by atoms with van der Waals surface area (Å²) >= 11 is 0. The Hall–Kier alpha value is -3.01. The largest absolute Gasteiger partial charge is 0.497 e. The van der Waals surface area contributed by atoms with Crippen LogP contribution in [0.15, 0.2) is 66.7 Å². The number of nitrogens with one attached hydrogen (secondary N) is 1. The second-order valence-electron chi connectivity index (χ2n) is 5.71. The Morgan fingerprint density at radius 2 is 1.72 bits per heavy atom. The van der Waals surface area contributed by atoms with E-state index in [0.29, 0.717) is 17.9 Å². The summed E-state index contributed by atoms with van der Waals surface area (Å²) in [6.07, 6.45) is -0.0144. The van der Waals surface area contributed by atoms with Crippen molar-refractivity contribution in [2.45, 2.75) is 19.4 Å². The molecule has 0 bridgehead atoms. The molecular formula is C21H21NO3. The summed E-state index contributed by atoms with van der Waals surface area (Å²) in [5, 5.41) is 5.08. The van der Waals surface area contributed by atoms with Crippen LogP contribution in [0.5, 0.6) is 11.5 Å². The first-order valence-corrected chi connectivity index (χ1v) is 8.30. The van der Waals surface area contributed by atoms with Gasteiger partial charge in [0.15, 0.2) is 6.10 Å². The number of fused-ring (bicyclic) bond motifs is 1. The molecule has 3 aromatic rings. The van der Waals surface area contributed by atoms with Gasteiger partial charge in [0.1, 0.15) is 11.5 Å². The number of rotatable bonds is 6. The molecule has 4 heteroatoms. The molecule has 4 nitrogen and oxygen atoms in total. The van der Waals surface area contributed by atoms with Crippen molar-refractivity contribution in [2.24, 2.45) is 0 Å². The molecule has 1 amide bonds. The van der Waals surface area contributed by atoms with Crippen molar-refractivity contribution in [3.63, 3.8) is 0 Å². The molecule has 3 rings (SSSR count). The van der Waals surface area contributed by atoms with Gasteiger partial charge < -0.3 is 14.8 Å². The Labute approximate surface area is 147 Å². The quantitative estimate of drug-likeness (QED) is 0.713.